The third-order valence-corrected chi connectivity index (χ3v) is 4.51. The number of fused-ring (bicyclic) bond motifs is 1. The molecule has 0 aliphatic carbocycles. The summed E-state index contributed by atoms with van der Waals surface area (Å²) < 4.78 is 0. The number of nitrogens with zero attached hydrogens (tertiary/aromatic N) is 3. The number of anilines is 2. The van der Waals surface area contributed by atoms with Gasteiger partial charge in [-0.25, -0.2) is 9.78 Å². The van der Waals surface area contributed by atoms with E-state index in [4.69, 9.17) is 0 Å². The fourth-order valence-electron chi connectivity index (χ4n) is 3.19. The molecule has 0 radical (unpaired) electrons. The van der Waals surface area contributed by atoms with Gasteiger partial charge >= 0.3 is 5.69 Å². The van der Waals surface area contributed by atoms with Crippen molar-refractivity contribution >= 4 is 28.4 Å². The summed E-state index contributed by atoms with van der Waals surface area (Å²) in [5, 5.41) is 2.89. The zero-order valence-electron chi connectivity index (χ0n) is 14.2. The second-order valence-electron chi connectivity index (χ2n) is 6.34. The molecule has 0 atom stereocenters. The summed E-state index contributed by atoms with van der Waals surface area (Å²) in [4.78, 5) is 37.7. The molecule has 1 amide bonds. The molecular formula is C18H20N6O2. The smallest absolute Gasteiger partial charge is 0.323 e. The van der Waals surface area contributed by atoms with Crippen LogP contribution in [0.2, 0.25) is 0 Å². The predicted octanol–water partition coefficient (Wildman–Crippen LogP) is 1.01. The molecule has 3 aromatic rings. The van der Waals surface area contributed by atoms with Gasteiger partial charge in [-0.05, 0) is 30.3 Å². The number of benzene rings is 1. The lowest BCUT2D eigenvalue weighted by molar-refractivity contribution is -0.117. The standard InChI is InChI=1S/C18H20N6O2/c25-17(20-13-4-5-14-15(11-13)22-18(26)21-14)12-23-7-9-24(10-8-23)16-3-1-2-6-19-16/h1-6,11H,7-10,12H2,(H,20,25)(H2,21,22,26). The van der Waals surface area contributed by atoms with Gasteiger partial charge < -0.3 is 20.2 Å². The van der Waals surface area contributed by atoms with Crippen molar-refractivity contribution in [2.75, 3.05) is 42.9 Å². The van der Waals surface area contributed by atoms with Gasteiger partial charge in [-0.1, -0.05) is 6.07 Å². The highest BCUT2D eigenvalue weighted by Gasteiger charge is 2.19. The number of hydrogen-bond acceptors (Lipinski definition) is 5. The summed E-state index contributed by atoms with van der Waals surface area (Å²) >= 11 is 0. The summed E-state index contributed by atoms with van der Waals surface area (Å²) in [6.45, 7) is 3.67. The van der Waals surface area contributed by atoms with Crippen LogP contribution in [-0.4, -0.2) is 58.5 Å². The van der Waals surface area contributed by atoms with E-state index in [0.29, 0.717) is 17.7 Å². The molecule has 1 aromatic carbocycles. The minimum Gasteiger partial charge on any atom is -0.354 e. The zero-order chi connectivity index (χ0) is 17.9. The number of carbonyl (C=O) groups excluding carboxylic acids is 1. The van der Waals surface area contributed by atoms with Crippen LogP contribution < -0.4 is 15.9 Å². The first kappa shape index (κ1) is 16.3. The topological polar surface area (TPSA) is 97.1 Å². The SMILES string of the molecule is O=C(CN1CCN(c2ccccn2)CC1)Nc1ccc2[nH]c(=O)[nH]c2c1. The number of aromatic nitrogens is 3. The third kappa shape index (κ3) is 3.60. The van der Waals surface area contributed by atoms with Gasteiger partial charge in [0.2, 0.25) is 5.91 Å². The molecule has 0 unspecified atom stereocenters. The molecule has 2 aromatic heterocycles. The lowest BCUT2D eigenvalue weighted by Gasteiger charge is -2.34. The minimum atomic E-state index is -0.255. The quantitative estimate of drug-likeness (QED) is 0.651. The van der Waals surface area contributed by atoms with Gasteiger partial charge in [-0.15, -0.1) is 0 Å². The first-order valence-corrected chi connectivity index (χ1v) is 8.58. The van der Waals surface area contributed by atoms with E-state index < -0.39 is 0 Å². The summed E-state index contributed by atoms with van der Waals surface area (Å²) in [5.74, 6) is 0.916. The molecule has 0 spiro atoms. The highest BCUT2D eigenvalue weighted by atomic mass is 16.2. The van der Waals surface area contributed by atoms with Crippen molar-refractivity contribution in [3.05, 3.63) is 53.1 Å². The maximum Gasteiger partial charge on any atom is 0.323 e. The number of amides is 1. The van der Waals surface area contributed by atoms with Gasteiger partial charge in [0.05, 0.1) is 17.6 Å². The van der Waals surface area contributed by atoms with Crippen LogP contribution >= 0.6 is 0 Å². The van der Waals surface area contributed by atoms with E-state index in [1.54, 1.807) is 24.4 Å². The van der Waals surface area contributed by atoms with Crippen molar-refractivity contribution in [2.45, 2.75) is 0 Å². The van der Waals surface area contributed by atoms with Crippen LogP contribution in [0.25, 0.3) is 11.0 Å². The number of rotatable bonds is 4. The summed E-state index contributed by atoms with van der Waals surface area (Å²) in [5.41, 5.74) is 1.81. The number of hydrogen-bond donors (Lipinski definition) is 3. The van der Waals surface area contributed by atoms with Crippen molar-refractivity contribution in [1.82, 2.24) is 19.9 Å². The van der Waals surface area contributed by atoms with Crippen LogP contribution in [0.4, 0.5) is 11.5 Å². The van der Waals surface area contributed by atoms with Crippen LogP contribution in [0, 0.1) is 0 Å². The number of carbonyl (C=O) groups is 1. The Labute approximate surface area is 149 Å². The molecule has 134 valence electrons. The molecule has 8 nitrogen and oxygen atoms in total. The Balaban J connectivity index is 1.31. The Kier molecular flexibility index (Phi) is 4.40. The lowest BCUT2D eigenvalue weighted by Crippen LogP contribution is -2.48. The van der Waals surface area contributed by atoms with Crippen molar-refractivity contribution in [3.8, 4) is 0 Å². The number of piperazine rings is 1. The van der Waals surface area contributed by atoms with Crippen molar-refractivity contribution < 1.29 is 4.79 Å². The van der Waals surface area contributed by atoms with Crippen LogP contribution in [0.15, 0.2) is 47.4 Å². The van der Waals surface area contributed by atoms with E-state index in [9.17, 15) is 9.59 Å². The predicted molar refractivity (Wildman–Crippen MR) is 100 cm³/mol. The van der Waals surface area contributed by atoms with Crippen molar-refractivity contribution in [2.24, 2.45) is 0 Å². The molecular weight excluding hydrogens is 332 g/mol. The Morgan fingerprint density at radius 1 is 1.08 bits per heavy atom. The number of H-pyrrole nitrogens is 2. The Morgan fingerprint density at radius 3 is 2.65 bits per heavy atom. The molecule has 1 saturated heterocycles. The summed E-state index contributed by atoms with van der Waals surface area (Å²) in [7, 11) is 0. The maximum absolute atomic E-state index is 12.3. The first-order chi connectivity index (χ1) is 12.7. The van der Waals surface area contributed by atoms with Gasteiger partial charge in [0.1, 0.15) is 5.82 Å². The lowest BCUT2D eigenvalue weighted by atomic mass is 10.2. The van der Waals surface area contributed by atoms with Gasteiger partial charge in [-0.3, -0.25) is 9.69 Å². The van der Waals surface area contributed by atoms with Crippen molar-refractivity contribution in [3.63, 3.8) is 0 Å². The average Bonchev–Trinajstić information content (AvgIpc) is 3.02. The Morgan fingerprint density at radius 2 is 1.88 bits per heavy atom. The van der Waals surface area contributed by atoms with Gasteiger partial charge in [-0.2, -0.15) is 0 Å². The minimum absolute atomic E-state index is 0.0616. The molecule has 26 heavy (non-hydrogen) atoms. The van der Waals surface area contributed by atoms with E-state index in [1.165, 1.54) is 0 Å². The van der Waals surface area contributed by atoms with Crippen molar-refractivity contribution in [1.29, 1.82) is 0 Å². The van der Waals surface area contributed by atoms with E-state index >= 15 is 0 Å². The molecule has 1 aliphatic heterocycles. The van der Waals surface area contributed by atoms with E-state index in [2.05, 4.69) is 30.1 Å². The highest BCUT2D eigenvalue weighted by Crippen LogP contribution is 2.15. The zero-order valence-corrected chi connectivity index (χ0v) is 14.2. The van der Waals surface area contributed by atoms with E-state index in [-0.39, 0.29) is 11.6 Å². The van der Waals surface area contributed by atoms with E-state index in [0.717, 1.165) is 37.5 Å². The number of aromatic amines is 2. The second kappa shape index (κ2) is 7.01. The maximum atomic E-state index is 12.3. The second-order valence-corrected chi connectivity index (χ2v) is 6.34. The van der Waals surface area contributed by atoms with Gasteiger partial charge in [0, 0.05) is 38.1 Å². The molecule has 3 N–H and O–H groups in total. The molecule has 3 heterocycles. The van der Waals surface area contributed by atoms with Crippen LogP contribution in [0.3, 0.4) is 0 Å². The first-order valence-electron chi connectivity index (χ1n) is 8.58. The third-order valence-electron chi connectivity index (χ3n) is 4.51. The van der Waals surface area contributed by atoms with Crippen LogP contribution in [0.1, 0.15) is 0 Å². The molecule has 0 bridgehead atoms. The van der Waals surface area contributed by atoms with Gasteiger partial charge in [0.15, 0.2) is 0 Å². The highest BCUT2D eigenvalue weighted by molar-refractivity contribution is 5.94. The van der Waals surface area contributed by atoms with Crippen LogP contribution in [-0.2, 0) is 4.79 Å². The average molecular weight is 352 g/mol. The fourth-order valence-corrected chi connectivity index (χ4v) is 3.19. The Bertz CT molecular complexity index is 956. The number of pyridine rings is 1. The summed E-state index contributed by atoms with van der Waals surface area (Å²) in [6, 6.07) is 11.2. The fraction of sp³-hybridized carbons (Fsp3) is 0.278. The number of imidazole rings is 1. The van der Waals surface area contributed by atoms with Crippen LogP contribution in [0.5, 0.6) is 0 Å². The van der Waals surface area contributed by atoms with Gasteiger partial charge in [0.25, 0.3) is 0 Å². The molecule has 1 aliphatic rings. The molecule has 0 saturated carbocycles. The normalized spacial score (nSPS) is 15.3. The largest absolute Gasteiger partial charge is 0.354 e. The molecule has 1 fully saturated rings. The van der Waals surface area contributed by atoms with E-state index in [1.807, 2.05) is 18.2 Å². The summed E-state index contributed by atoms with van der Waals surface area (Å²) in [6.07, 6.45) is 1.80. The monoisotopic (exact) mass is 352 g/mol. The number of nitrogens with one attached hydrogen (secondary N) is 3. The Hall–Kier alpha value is -3.13. The molecule has 4 rings (SSSR count). The molecule has 8 heteroatoms.